The smallest absolute Gasteiger partial charge is 0.221 e. The standard InChI is InChI=1S/C22H24N2O3/c1-14(2)13-19(25)24-20(16-6-9-17(27-3)10-7-16)18-11-8-15-5-4-12-23-21(15)22(18)26/h4-12,14,20,26H,13H2,1-3H3,(H,24,25)/t20-/m0/s1. The Morgan fingerprint density at radius 2 is 1.89 bits per heavy atom. The summed E-state index contributed by atoms with van der Waals surface area (Å²) in [6.07, 6.45) is 2.06. The molecule has 5 heteroatoms. The van der Waals surface area contributed by atoms with Crippen molar-refractivity contribution in [3.8, 4) is 11.5 Å². The third-order valence-electron chi connectivity index (χ3n) is 4.44. The molecule has 3 aromatic rings. The Hall–Kier alpha value is -3.08. The van der Waals surface area contributed by atoms with Crippen LogP contribution < -0.4 is 10.1 Å². The lowest BCUT2D eigenvalue weighted by atomic mass is 9.95. The van der Waals surface area contributed by atoms with Crippen LogP contribution in [0.15, 0.2) is 54.7 Å². The number of carbonyl (C=O) groups is 1. The molecule has 1 heterocycles. The molecule has 0 saturated carbocycles. The van der Waals surface area contributed by atoms with Crippen LogP contribution in [-0.4, -0.2) is 23.1 Å². The monoisotopic (exact) mass is 364 g/mol. The number of phenols is 1. The largest absolute Gasteiger partial charge is 0.505 e. The summed E-state index contributed by atoms with van der Waals surface area (Å²) in [5, 5.41) is 14.7. The number of benzene rings is 2. The van der Waals surface area contributed by atoms with Gasteiger partial charge in [-0.3, -0.25) is 9.78 Å². The molecule has 0 aliphatic heterocycles. The molecule has 0 bridgehead atoms. The number of rotatable bonds is 6. The zero-order chi connectivity index (χ0) is 19.4. The highest BCUT2D eigenvalue weighted by molar-refractivity contribution is 5.86. The van der Waals surface area contributed by atoms with E-state index in [-0.39, 0.29) is 17.6 Å². The first-order chi connectivity index (χ1) is 13.0. The molecule has 0 saturated heterocycles. The lowest BCUT2D eigenvalue weighted by Gasteiger charge is -2.22. The van der Waals surface area contributed by atoms with Gasteiger partial charge in [-0.05, 0) is 29.7 Å². The number of phenolic OH excluding ortho intramolecular Hbond substituents is 1. The number of aromatic nitrogens is 1. The average Bonchev–Trinajstić information content (AvgIpc) is 2.66. The topological polar surface area (TPSA) is 71.5 Å². The zero-order valence-electron chi connectivity index (χ0n) is 15.8. The summed E-state index contributed by atoms with van der Waals surface area (Å²) in [7, 11) is 1.61. The van der Waals surface area contributed by atoms with Gasteiger partial charge in [-0.1, -0.05) is 44.2 Å². The normalized spacial score (nSPS) is 12.1. The van der Waals surface area contributed by atoms with E-state index in [2.05, 4.69) is 10.3 Å². The molecular formula is C22H24N2O3. The van der Waals surface area contributed by atoms with Crippen LogP contribution in [0.2, 0.25) is 0 Å². The van der Waals surface area contributed by atoms with Gasteiger partial charge >= 0.3 is 0 Å². The van der Waals surface area contributed by atoms with Gasteiger partial charge in [-0.25, -0.2) is 0 Å². The van der Waals surface area contributed by atoms with Gasteiger partial charge < -0.3 is 15.2 Å². The van der Waals surface area contributed by atoms with Gasteiger partial charge in [0.2, 0.25) is 5.91 Å². The van der Waals surface area contributed by atoms with Crippen LogP contribution in [0.5, 0.6) is 11.5 Å². The number of ether oxygens (including phenoxy) is 1. The van der Waals surface area contributed by atoms with E-state index in [9.17, 15) is 9.90 Å². The maximum absolute atomic E-state index is 12.5. The number of methoxy groups -OCH3 is 1. The average molecular weight is 364 g/mol. The highest BCUT2D eigenvalue weighted by Crippen LogP contribution is 2.35. The lowest BCUT2D eigenvalue weighted by molar-refractivity contribution is -0.122. The fourth-order valence-electron chi connectivity index (χ4n) is 3.11. The highest BCUT2D eigenvalue weighted by Gasteiger charge is 2.22. The molecule has 0 aliphatic rings. The van der Waals surface area contributed by atoms with E-state index in [1.807, 2.05) is 62.4 Å². The number of carbonyl (C=O) groups excluding carboxylic acids is 1. The molecule has 0 radical (unpaired) electrons. The summed E-state index contributed by atoms with van der Waals surface area (Å²) in [6, 6.07) is 14.4. The van der Waals surface area contributed by atoms with Crippen LogP contribution in [0.25, 0.3) is 10.9 Å². The minimum absolute atomic E-state index is 0.0636. The molecule has 0 aliphatic carbocycles. The number of amides is 1. The van der Waals surface area contributed by atoms with Crippen molar-refractivity contribution < 1.29 is 14.6 Å². The molecule has 140 valence electrons. The number of fused-ring (bicyclic) bond motifs is 1. The van der Waals surface area contributed by atoms with Gasteiger partial charge in [-0.2, -0.15) is 0 Å². The lowest BCUT2D eigenvalue weighted by Crippen LogP contribution is -2.30. The summed E-state index contributed by atoms with van der Waals surface area (Å²) in [5.74, 6) is 0.994. The maximum atomic E-state index is 12.5. The fraction of sp³-hybridized carbons (Fsp3) is 0.273. The van der Waals surface area contributed by atoms with Gasteiger partial charge in [0.1, 0.15) is 17.0 Å². The van der Waals surface area contributed by atoms with Crippen LogP contribution in [0.3, 0.4) is 0 Å². The third-order valence-corrected chi connectivity index (χ3v) is 4.44. The molecule has 1 aromatic heterocycles. The van der Waals surface area contributed by atoms with E-state index in [1.165, 1.54) is 0 Å². The van der Waals surface area contributed by atoms with Crippen molar-refractivity contribution in [2.75, 3.05) is 7.11 Å². The minimum Gasteiger partial charge on any atom is -0.505 e. The van der Waals surface area contributed by atoms with Crippen LogP contribution >= 0.6 is 0 Å². The summed E-state index contributed by atoms with van der Waals surface area (Å²) >= 11 is 0. The summed E-state index contributed by atoms with van der Waals surface area (Å²) in [4.78, 5) is 16.8. The molecule has 2 aromatic carbocycles. The summed E-state index contributed by atoms with van der Waals surface area (Å²) < 4.78 is 5.22. The zero-order valence-corrected chi connectivity index (χ0v) is 15.8. The number of hydrogen-bond donors (Lipinski definition) is 2. The van der Waals surface area contributed by atoms with E-state index in [0.29, 0.717) is 17.5 Å². The molecular weight excluding hydrogens is 340 g/mol. The Kier molecular flexibility index (Phi) is 5.60. The Bertz CT molecular complexity index is 936. The molecule has 0 fully saturated rings. The number of nitrogens with zero attached hydrogens (tertiary/aromatic N) is 1. The summed E-state index contributed by atoms with van der Waals surface area (Å²) in [6.45, 7) is 4.00. The number of nitrogens with one attached hydrogen (secondary N) is 1. The second kappa shape index (κ2) is 8.08. The van der Waals surface area contributed by atoms with Crippen molar-refractivity contribution in [1.82, 2.24) is 10.3 Å². The van der Waals surface area contributed by atoms with E-state index < -0.39 is 6.04 Å². The fourth-order valence-corrected chi connectivity index (χ4v) is 3.11. The van der Waals surface area contributed by atoms with Crippen LogP contribution in [-0.2, 0) is 4.79 Å². The Morgan fingerprint density at radius 3 is 2.56 bits per heavy atom. The number of hydrogen-bond acceptors (Lipinski definition) is 4. The van der Waals surface area contributed by atoms with Crippen molar-refractivity contribution in [3.63, 3.8) is 0 Å². The molecule has 5 nitrogen and oxygen atoms in total. The minimum atomic E-state index is -0.478. The van der Waals surface area contributed by atoms with Gasteiger partial charge in [-0.15, -0.1) is 0 Å². The van der Waals surface area contributed by atoms with Crippen LogP contribution in [0, 0.1) is 5.92 Å². The van der Waals surface area contributed by atoms with E-state index in [1.54, 1.807) is 13.3 Å². The molecule has 0 unspecified atom stereocenters. The van der Waals surface area contributed by atoms with Crippen molar-refractivity contribution in [2.45, 2.75) is 26.3 Å². The van der Waals surface area contributed by atoms with E-state index in [4.69, 9.17) is 4.74 Å². The first-order valence-corrected chi connectivity index (χ1v) is 8.99. The van der Waals surface area contributed by atoms with Crippen molar-refractivity contribution in [2.24, 2.45) is 5.92 Å². The second-order valence-corrected chi connectivity index (χ2v) is 6.95. The number of aromatic hydroxyl groups is 1. The first-order valence-electron chi connectivity index (χ1n) is 8.99. The van der Waals surface area contributed by atoms with E-state index in [0.717, 1.165) is 16.7 Å². The van der Waals surface area contributed by atoms with Crippen molar-refractivity contribution in [3.05, 3.63) is 65.9 Å². The quantitative estimate of drug-likeness (QED) is 0.688. The SMILES string of the molecule is COc1ccc([C@H](NC(=O)CC(C)C)c2ccc3cccnc3c2O)cc1. The Labute approximate surface area is 159 Å². The van der Waals surface area contributed by atoms with E-state index >= 15 is 0 Å². The molecule has 0 spiro atoms. The predicted octanol–water partition coefficient (Wildman–Crippen LogP) is 4.20. The predicted molar refractivity (Wildman–Crippen MR) is 106 cm³/mol. The molecule has 1 amide bonds. The van der Waals surface area contributed by atoms with Crippen molar-refractivity contribution in [1.29, 1.82) is 0 Å². The van der Waals surface area contributed by atoms with Gasteiger partial charge in [0, 0.05) is 23.6 Å². The van der Waals surface area contributed by atoms with Crippen LogP contribution in [0.4, 0.5) is 0 Å². The first kappa shape index (κ1) is 18.7. The Morgan fingerprint density at radius 1 is 1.15 bits per heavy atom. The van der Waals surface area contributed by atoms with Crippen LogP contribution in [0.1, 0.15) is 37.4 Å². The third kappa shape index (κ3) is 4.19. The van der Waals surface area contributed by atoms with Gasteiger partial charge in [0.25, 0.3) is 0 Å². The van der Waals surface area contributed by atoms with Gasteiger partial charge in [0.15, 0.2) is 0 Å². The summed E-state index contributed by atoms with van der Waals surface area (Å²) in [5.41, 5.74) is 1.99. The molecule has 1 atom stereocenters. The van der Waals surface area contributed by atoms with Crippen molar-refractivity contribution >= 4 is 16.8 Å². The maximum Gasteiger partial charge on any atom is 0.221 e. The molecule has 27 heavy (non-hydrogen) atoms. The second-order valence-electron chi connectivity index (χ2n) is 6.95. The highest BCUT2D eigenvalue weighted by atomic mass is 16.5. The Balaban J connectivity index is 2.05. The van der Waals surface area contributed by atoms with Gasteiger partial charge in [0.05, 0.1) is 13.2 Å². The number of pyridine rings is 1. The molecule has 2 N–H and O–H groups in total. The molecule has 3 rings (SSSR count).